The van der Waals surface area contributed by atoms with E-state index in [0.717, 1.165) is 43.6 Å². The van der Waals surface area contributed by atoms with Crippen molar-refractivity contribution in [1.29, 1.82) is 0 Å². The number of carbonyl (C=O) groups excluding carboxylic acids is 1. The third-order valence-electron chi connectivity index (χ3n) is 5.12. The van der Waals surface area contributed by atoms with Crippen LogP contribution in [0.1, 0.15) is 93.5 Å². The zero-order valence-electron chi connectivity index (χ0n) is 14.3. The van der Waals surface area contributed by atoms with Gasteiger partial charge in [0.1, 0.15) is 11.6 Å². The fourth-order valence-electron chi connectivity index (χ4n) is 3.75. The summed E-state index contributed by atoms with van der Waals surface area (Å²) in [5.41, 5.74) is 0.379. The Bertz CT molecular complexity index is 507. The van der Waals surface area contributed by atoms with Gasteiger partial charge in [-0.2, -0.15) is 0 Å². The summed E-state index contributed by atoms with van der Waals surface area (Å²) in [5.74, 6) is -0.790. The van der Waals surface area contributed by atoms with Crippen molar-refractivity contribution < 1.29 is 13.6 Å². The molecule has 0 heterocycles. The Morgan fingerprint density at radius 3 is 2.17 bits per heavy atom. The molecule has 0 aliphatic heterocycles. The van der Waals surface area contributed by atoms with Crippen LogP contribution in [0.5, 0.6) is 0 Å². The highest BCUT2D eigenvalue weighted by molar-refractivity contribution is 5.96. The molecule has 1 aliphatic carbocycles. The molecule has 0 spiro atoms. The van der Waals surface area contributed by atoms with E-state index in [1.807, 2.05) is 6.92 Å². The van der Waals surface area contributed by atoms with Crippen LogP contribution in [-0.2, 0) is 0 Å². The van der Waals surface area contributed by atoms with Crippen LogP contribution < -0.4 is 0 Å². The Morgan fingerprint density at radius 2 is 1.65 bits per heavy atom. The Kier molecular flexibility index (Phi) is 6.73. The second-order valence-electron chi connectivity index (χ2n) is 6.89. The van der Waals surface area contributed by atoms with Crippen molar-refractivity contribution in [3.8, 4) is 0 Å². The van der Waals surface area contributed by atoms with Crippen LogP contribution >= 0.6 is 0 Å². The van der Waals surface area contributed by atoms with Gasteiger partial charge in [-0.25, -0.2) is 8.78 Å². The molecule has 1 nitrogen and oxygen atoms in total. The summed E-state index contributed by atoms with van der Waals surface area (Å²) in [6.45, 7) is 4.16. The summed E-state index contributed by atoms with van der Waals surface area (Å²) >= 11 is 0. The van der Waals surface area contributed by atoms with Crippen molar-refractivity contribution in [2.24, 2.45) is 5.92 Å². The number of hydrogen-bond donors (Lipinski definition) is 0. The van der Waals surface area contributed by atoms with Gasteiger partial charge in [-0.1, -0.05) is 33.1 Å². The van der Waals surface area contributed by atoms with E-state index >= 15 is 0 Å². The molecule has 128 valence electrons. The van der Waals surface area contributed by atoms with Crippen molar-refractivity contribution in [3.63, 3.8) is 0 Å². The van der Waals surface area contributed by atoms with E-state index in [4.69, 9.17) is 0 Å². The zero-order valence-corrected chi connectivity index (χ0v) is 14.3. The van der Waals surface area contributed by atoms with Crippen LogP contribution in [0.2, 0.25) is 0 Å². The molecule has 1 aromatic rings. The van der Waals surface area contributed by atoms with Crippen molar-refractivity contribution in [2.75, 3.05) is 0 Å². The number of Topliss-reactive ketones (excluding diaryl/α,β-unsaturated/α-hetero) is 1. The number of rotatable bonds is 7. The second-order valence-corrected chi connectivity index (χ2v) is 6.89. The Hall–Kier alpha value is -1.25. The second kappa shape index (κ2) is 8.56. The van der Waals surface area contributed by atoms with Crippen LogP contribution in [-0.4, -0.2) is 5.78 Å². The minimum Gasteiger partial charge on any atom is -0.294 e. The maximum Gasteiger partial charge on any atom is 0.168 e. The fraction of sp³-hybridized carbons (Fsp3) is 0.650. The number of hydrogen-bond acceptors (Lipinski definition) is 1. The summed E-state index contributed by atoms with van der Waals surface area (Å²) in [5, 5.41) is 0. The first-order chi connectivity index (χ1) is 11.1. The van der Waals surface area contributed by atoms with Gasteiger partial charge in [-0.05, 0) is 61.6 Å². The molecule has 0 saturated heterocycles. The van der Waals surface area contributed by atoms with E-state index in [1.54, 1.807) is 0 Å². The van der Waals surface area contributed by atoms with Crippen LogP contribution in [0, 0.1) is 17.6 Å². The van der Waals surface area contributed by atoms with Crippen LogP contribution in [0.4, 0.5) is 8.78 Å². The van der Waals surface area contributed by atoms with Gasteiger partial charge in [-0.3, -0.25) is 4.79 Å². The molecular formula is C20H28F2O. The predicted molar refractivity (Wildman–Crippen MR) is 89.8 cm³/mol. The molecule has 0 atom stereocenters. The van der Waals surface area contributed by atoms with Crippen molar-refractivity contribution in [1.82, 2.24) is 0 Å². The lowest BCUT2D eigenvalue weighted by Crippen LogP contribution is -2.15. The average Bonchev–Trinajstić information content (AvgIpc) is 2.53. The molecule has 0 amide bonds. The minimum atomic E-state index is -0.684. The van der Waals surface area contributed by atoms with Gasteiger partial charge in [0.05, 0.1) is 5.56 Å². The lowest BCUT2D eigenvalue weighted by Gasteiger charge is -2.28. The molecule has 0 bridgehead atoms. The summed E-state index contributed by atoms with van der Waals surface area (Å²) in [6.07, 6.45) is 8.44. The van der Waals surface area contributed by atoms with Gasteiger partial charge in [0.15, 0.2) is 5.78 Å². The maximum absolute atomic E-state index is 14.3. The first-order valence-corrected chi connectivity index (χ1v) is 9.08. The summed E-state index contributed by atoms with van der Waals surface area (Å²) < 4.78 is 28.6. The van der Waals surface area contributed by atoms with E-state index in [0.29, 0.717) is 6.42 Å². The molecule has 1 fully saturated rings. The molecule has 0 unspecified atom stereocenters. The molecule has 1 aliphatic rings. The standard InChI is InChI=1S/C20H28F2O/c1-3-5-7-19(23)20-17(21)12-16(13-18(20)22)15-10-8-14(6-4-2)9-11-15/h12-15H,3-11H2,1-2H3/t14-,15-. The molecule has 1 saturated carbocycles. The highest BCUT2D eigenvalue weighted by Gasteiger charge is 2.25. The normalized spacial score (nSPS) is 21.4. The van der Waals surface area contributed by atoms with E-state index in [1.165, 1.54) is 25.0 Å². The number of halogens is 2. The average molecular weight is 322 g/mol. The topological polar surface area (TPSA) is 17.1 Å². The Morgan fingerprint density at radius 1 is 1.04 bits per heavy atom. The van der Waals surface area contributed by atoms with Crippen LogP contribution in [0.25, 0.3) is 0 Å². The lowest BCUT2D eigenvalue weighted by atomic mass is 9.77. The van der Waals surface area contributed by atoms with Gasteiger partial charge < -0.3 is 0 Å². The van der Waals surface area contributed by atoms with E-state index in [2.05, 4.69) is 6.92 Å². The molecule has 3 heteroatoms. The number of benzene rings is 1. The number of ketones is 1. The molecule has 0 radical (unpaired) electrons. The van der Waals surface area contributed by atoms with Crippen LogP contribution in [0.3, 0.4) is 0 Å². The molecule has 0 N–H and O–H groups in total. The lowest BCUT2D eigenvalue weighted by molar-refractivity contribution is 0.0971. The maximum atomic E-state index is 14.3. The van der Waals surface area contributed by atoms with Gasteiger partial charge in [0, 0.05) is 6.42 Å². The Labute approximate surface area is 138 Å². The molecule has 23 heavy (non-hydrogen) atoms. The first kappa shape index (κ1) is 18.1. The van der Waals surface area contributed by atoms with Gasteiger partial charge in [0.25, 0.3) is 0 Å². The van der Waals surface area contributed by atoms with E-state index < -0.39 is 17.4 Å². The molecule has 2 rings (SSSR count). The third kappa shape index (κ3) is 4.62. The van der Waals surface area contributed by atoms with E-state index in [-0.39, 0.29) is 17.9 Å². The van der Waals surface area contributed by atoms with Crippen molar-refractivity contribution >= 4 is 5.78 Å². The monoisotopic (exact) mass is 322 g/mol. The van der Waals surface area contributed by atoms with Crippen LogP contribution in [0.15, 0.2) is 12.1 Å². The SMILES string of the molecule is CCCCC(=O)c1c(F)cc([C@H]2CC[C@H](CCC)CC2)cc1F. The summed E-state index contributed by atoms with van der Waals surface area (Å²) in [6, 6.07) is 2.79. The largest absolute Gasteiger partial charge is 0.294 e. The molecule has 0 aromatic heterocycles. The highest BCUT2D eigenvalue weighted by Crippen LogP contribution is 2.38. The fourth-order valence-corrected chi connectivity index (χ4v) is 3.75. The summed E-state index contributed by atoms with van der Waals surface area (Å²) in [4.78, 5) is 12.0. The van der Waals surface area contributed by atoms with Gasteiger partial charge in [-0.15, -0.1) is 0 Å². The van der Waals surface area contributed by atoms with Gasteiger partial charge >= 0.3 is 0 Å². The quantitative estimate of drug-likeness (QED) is 0.530. The smallest absolute Gasteiger partial charge is 0.168 e. The number of carbonyl (C=O) groups is 1. The summed E-state index contributed by atoms with van der Waals surface area (Å²) in [7, 11) is 0. The molecule has 1 aromatic carbocycles. The zero-order chi connectivity index (χ0) is 16.8. The first-order valence-electron chi connectivity index (χ1n) is 9.08. The predicted octanol–water partition coefficient (Wildman–Crippen LogP) is 6.41. The van der Waals surface area contributed by atoms with Crippen molar-refractivity contribution in [2.45, 2.75) is 77.6 Å². The Balaban J connectivity index is 2.09. The van der Waals surface area contributed by atoms with E-state index in [9.17, 15) is 13.6 Å². The molecular weight excluding hydrogens is 294 g/mol. The minimum absolute atomic E-state index is 0.214. The third-order valence-corrected chi connectivity index (χ3v) is 5.12. The van der Waals surface area contributed by atoms with Gasteiger partial charge in [0.2, 0.25) is 0 Å². The highest BCUT2D eigenvalue weighted by atomic mass is 19.1. The number of unbranched alkanes of at least 4 members (excludes halogenated alkanes) is 1. The van der Waals surface area contributed by atoms with Crippen molar-refractivity contribution in [3.05, 3.63) is 34.9 Å².